The van der Waals surface area contributed by atoms with Gasteiger partial charge in [-0.2, -0.15) is 0 Å². The second kappa shape index (κ2) is 5.70. The Balaban J connectivity index is 2.37. The molecule has 0 aromatic heterocycles. The molecule has 2 N–H and O–H groups in total. The van der Waals surface area contributed by atoms with Crippen LogP contribution in [0, 0.1) is 0 Å². The van der Waals surface area contributed by atoms with Gasteiger partial charge in [-0.3, -0.25) is 4.79 Å². The maximum atomic E-state index is 11.5. The molecule has 0 atom stereocenters. The van der Waals surface area contributed by atoms with E-state index in [-0.39, 0.29) is 24.4 Å². The summed E-state index contributed by atoms with van der Waals surface area (Å²) in [6.07, 6.45) is 0.244. The summed E-state index contributed by atoms with van der Waals surface area (Å²) in [6, 6.07) is 8.75. The molecule has 0 fully saturated rings. The number of nitrogens with one attached hydrogen (secondary N) is 1. The molecule has 1 rings (SSSR count). The molecule has 1 aromatic rings. The number of carbonyl (C=O) groups is 2. The van der Waals surface area contributed by atoms with Gasteiger partial charge >= 0.3 is 5.97 Å². The lowest BCUT2D eigenvalue weighted by molar-refractivity contribution is -0.132. The fourth-order valence-corrected chi connectivity index (χ4v) is 1.13. The van der Waals surface area contributed by atoms with E-state index in [0.717, 1.165) is 0 Å². The monoisotopic (exact) mass is 219 g/mol. The van der Waals surface area contributed by atoms with Gasteiger partial charge in [0.25, 0.3) is 5.91 Å². The van der Waals surface area contributed by atoms with E-state index in [1.165, 1.54) is 0 Å². The van der Waals surface area contributed by atoms with Gasteiger partial charge in [-0.25, -0.2) is 4.79 Å². The van der Waals surface area contributed by atoms with Crippen LogP contribution in [0.25, 0.3) is 0 Å². The third kappa shape index (κ3) is 3.57. The minimum absolute atomic E-state index is 0.0911. The highest BCUT2D eigenvalue weighted by Crippen LogP contribution is 1.99. The van der Waals surface area contributed by atoms with Crippen molar-refractivity contribution in [1.82, 2.24) is 5.32 Å². The number of amides is 1. The number of carboxylic acid groups (broad SMARTS) is 1. The number of hydrogen-bond acceptors (Lipinski definition) is 2. The second-order valence-corrected chi connectivity index (χ2v) is 3.28. The summed E-state index contributed by atoms with van der Waals surface area (Å²) in [5, 5.41) is 11.2. The summed E-state index contributed by atoms with van der Waals surface area (Å²) < 4.78 is 0. The Bertz CT molecular complexity index is 398. The molecule has 4 nitrogen and oxygen atoms in total. The first-order valence-electron chi connectivity index (χ1n) is 4.85. The Morgan fingerprint density at radius 2 is 1.88 bits per heavy atom. The molecule has 84 valence electrons. The van der Waals surface area contributed by atoms with Gasteiger partial charge < -0.3 is 10.4 Å². The van der Waals surface area contributed by atoms with Crippen LogP contribution in [0.1, 0.15) is 16.8 Å². The lowest BCUT2D eigenvalue weighted by atomic mass is 10.2. The van der Waals surface area contributed by atoms with Gasteiger partial charge in [-0.05, 0) is 18.6 Å². The quantitative estimate of drug-likeness (QED) is 0.736. The van der Waals surface area contributed by atoms with Gasteiger partial charge in [0.2, 0.25) is 0 Å². The number of benzene rings is 1. The van der Waals surface area contributed by atoms with Crippen molar-refractivity contribution < 1.29 is 14.7 Å². The molecular weight excluding hydrogens is 206 g/mol. The third-order valence-electron chi connectivity index (χ3n) is 2.05. The Morgan fingerprint density at radius 1 is 1.25 bits per heavy atom. The van der Waals surface area contributed by atoms with Crippen LogP contribution in [0.3, 0.4) is 0 Å². The molecule has 4 heteroatoms. The third-order valence-corrected chi connectivity index (χ3v) is 2.05. The molecule has 0 heterocycles. The summed E-state index contributed by atoms with van der Waals surface area (Å²) in [6.45, 7) is 3.65. The van der Waals surface area contributed by atoms with Gasteiger partial charge in [0, 0.05) is 17.7 Å². The summed E-state index contributed by atoms with van der Waals surface area (Å²) in [7, 11) is 0. The molecule has 0 radical (unpaired) electrons. The predicted octanol–water partition coefficient (Wildman–Crippen LogP) is 1.45. The van der Waals surface area contributed by atoms with E-state index in [1.54, 1.807) is 24.3 Å². The molecule has 0 saturated carbocycles. The Morgan fingerprint density at radius 3 is 2.44 bits per heavy atom. The van der Waals surface area contributed by atoms with Crippen molar-refractivity contribution in [3.63, 3.8) is 0 Å². The highest BCUT2D eigenvalue weighted by atomic mass is 16.4. The zero-order chi connectivity index (χ0) is 12.0. The SMILES string of the molecule is C=C(CCNC(=O)c1ccccc1)C(=O)O. The number of carboxylic acids is 1. The van der Waals surface area contributed by atoms with Crippen molar-refractivity contribution >= 4 is 11.9 Å². The fraction of sp³-hybridized carbons (Fsp3) is 0.167. The largest absolute Gasteiger partial charge is 0.478 e. The van der Waals surface area contributed by atoms with Gasteiger partial charge in [0.1, 0.15) is 0 Å². The minimum atomic E-state index is -1.03. The van der Waals surface area contributed by atoms with E-state index in [2.05, 4.69) is 11.9 Å². The van der Waals surface area contributed by atoms with Crippen LogP contribution in [0.2, 0.25) is 0 Å². The molecule has 1 aromatic carbocycles. The fourth-order valence-electron chi connectivity index (χ4n) is 1.13. The lowest BCUT2D eigenvalue weighted by Gasteiger charge is -2.04. The summed E-state index contributed by atoms with van der Waals surface area (Å²) in [5.74, 6) is -1.24. The highest BCUT2D eigenvalue weighted by Gasteiger charge is 2.06. The topological polar surface area (TPSA) is 66.4 Å². The number of aliphatic carboxylic acids is 1. The molecule has 0 aliphatic rings. The second-order valence-electron chi connectivity index (χ2n) is 3.28. The Kier molecular flexibility index (Phi) is 4.27. The molecule has 16 heavy (non-hydrogen) atoms. The van der Waals surface area contributed by atoms with Crippen molar-refractivity contribution in [3.8, 4) is 0 Å². The zero-order valence-corrected chi connectivity index (χ0v) is 8.77. The van der Waals surface area contributed by atoms with Crippen molar-refractivity contribution in [2.75, 3.05) is 6.54 Å². The summed E-state index contributed by atoms with van der Waals surface area (Å²) in [5.41, 5.74) is 0.650. The predicted molar refractivity (Wildman–Crippen MR) is 60.2 cm³/mol. The average molecular weight is 219 g/mol. The van der Waals surface area contributed by atoms with Crippen LogP contribution < -0.4 is 5.32 Å². The molecule has 0 saturated heterocycles. The van der Waals surface area contributed by atoms with Crippen LogP contribution in [0.5, 0.6) is 0 Å². The van der Waals surface area contributed by atoms with Crippen molar-refractivity contribution in [3.05, 3.63) is 48.0 Å². The van der Waals surface area contributed by atoms with E-state index >= 15 is 0 Å². The first-order chi connectivity index (χ1) is 7.61. The lowest BCUT2D eigenvalue weighted by Crippen LogP contribution is -2.25. The maximum Gasteiger partial charge on any atom is 0.331 e. The Labute approximate surface area is 93.6 Å². The van der Waals surface area contributed by atoms with Crippen LogP contribution in [-0.2, 0) is 4.79 Å². The molecule has 0 bridgehead atoms. The van der Waals surface area contributed by atoms with E-state index in [4.69, 9.17) is 5.11 Å². The number of hydrogen-bond donors (Lipinski definition) is 2. The smallest absolute Gasteiger partial charge is 0.331 e. The van der Waals surface area contributed by atoms with Gasteiger partial charge in [0.15, 0.2) is 0 Å². The standard InChI is InChI=1S/C12H13NO3/c1-9(12(15)16)7-8-13-11(14)10-5-3-2-4-6-10/h2-6H,1,7-8H2,(H,13,14)(H,15,16). The average Bonchev–Trinajstić information content (AvgIpc) is 2.29. The molecule has 0 aliphatic heterocycles. The minimum Gasteiger partial charge on any atom is -0.478 e. The molecule has 0 spiro atoms. The zero-order valence-electron chi connectivity index (χ0n) is 8.77. The summed E-state index contributed by atoms with van der Waals surface area (Å²) >= 11 is 0. The van der Waals surface area contributed by atoms with Gasteiger partial charge in [-0.1, -0.05) is 24.8 Å². The molecular formula is C12H13NO3. The van der Waals surface area contributed by atoms with E-state index in [9.17, 15) is 9.59 Å². The van der Waals surface area contributed by atoms with Crippen LogP contribution >= 0.6 is 0 Å². The Hall–Kier alpha value is -2.10. The van der Waals surface area contributed by atoms with Crippen molar-refractivity contribution in [1.29, 1.82) is 0 Å². The molecule has 0 aliphatic carbocycles. The number of rotatable bonds is 5. The van der Waals surface area contributed by atoms with E-state index in [0.29, 0.717) is 5.56 Å². The number of carbonyl (C=O) groups excluding carboxylic acids is 1. The van der Waals surface area contributed by atoms with E-state index < -0.39 is 5.97 Å². The normalized spacial score (nSPS) is 9.50. The van der Waals surface area contributed by atoms with Crippen LogP contribution in [0.15, 0.2) is 42.5 Å². The van der Waals surface area contributed by atoms with Crippen molar-refractivity contribution in [2.45, 2.75) is 6.42 Å². The van der Waals surface area contributed by atoms with Crippen molar-refractivity contribution in [2.24, 2.45) is 0 Å². The van der Waals surface area contributed by atoms with Crippen LogP contribution in [-0.4, -0.2) is 23.5 Å². The maximum absolute atomic E-state index is 11.5. The summed E-state index contributed by atoms with van der Waals surface area (Å²) in [4.78, 5) is 21.9. The van der Waals surface area contributed by atoms with Gasteiger partial charge in [-0.15, -0.1) is 0 Å². The first kappa shape index (κ1) is 12.0. The van der Waals surface area contributed by atoms with Gasteiger partial charge in [0.05, 0.1) is 0 Å². The highest BCUT2D eigenvalue weighted by molar-refractivity contribution is 5.94. The molecule has 0 unspecified atom stereocenters. The van der Waals surface area contributed by atoms with E-state index in [1.807, 2.05) is 6.07 Å². The first-order valence-corrected chi connectivity index (χ1v) is 4.85. The molecule has 1 amide bonds. The van der Waals surface area contributed by atoms with Crippen LogP contribution in [0.4, 0.5) is 0 Å².